The second-order valence-electron chi connectivity index (χ2n) is 7.20. The Bertz CT molecular complexity index is 607. The number of nitrogens with zero attached hydrogens (tertiary/aromatic N) is 1. The van der Waals surface area contributed by atoms with Crippen LogP contribution in [0.15, 0.2) is 18.2 Å². The van der Waals surface area contributed by atoms with E-state index in [4.69, 9.17) is 23.2 Å². The van der Waals surface area contributed by atoms with Gasteiger partial charge in [0.25, 0.3) is 0 Å². The fourth-order valence-electron chi connectivity index (χ4n) is 4.29. The van der Waals surface area contributed by atoms with Gasteiger partial charge < -0.3 is 10.2 Å². The predicted molar refractivity (Wildman–Crippen MR) is 93.0 cm³/mol. The van der Waals surface area contributed by atoms with Crippen molar-refractivity contribution in [3.05, 3.63) is 33.8 Å². The van der Waals surface area contributed by atoms with Gasteiger partial charge in [0.2, 0.25) is 5.91 Å². The van der Waals surface area contributed by atoms with Crippen LogP contribution < -0.4 is 5.32 Å². The standard InChI is InChI=1S/C18H22Cl2N2O/c19-13-1-2-14(17(20)7-13)15-8-16(15)18(23)22-5-3-11-9-21-10-12(11)4-6-22/h1-2,7,11-12,15-16,21H,3-6,8-10H2/t11-,12+,15?,16?. The van der Waals surface area contributed by atoms with Gasteiger partial charge in [0.1, 0.15) is 0 Å². The summed E-state index contributed by atoms with van der Waals surface area (Å²) in [5.41, 5.74) is 1.07. The average Bonchev–Trinajstić information content (AvgIpc) is 3.24. The third-order valence-electron chi connectivity index (χ3n) is 5.80. The Morgan fingerprint density at radius 3 is 2.48 bits per heavy atom. The summed E-state index contributed by atoms with van der Waals surface area (Å²) in [4.78, 5) is 14.9. The lowest BCUT2D eigenvalue weighted by molar-refractivity contribution is -0.132. The maximum absolute atomic E-state index is 12.8. The molecule has 2 unspecified atom stereocenters. The van der Waals surface area contributed by atoms with E-state index in [2.05, 4.69) is 10.2 Å². The zero-order chi connectivity index (χ0) is 16.0. The summed E-state index contributed by atoms with van der Waals surface area (Å²) in [6.45, 7) is 4.08. The molecule has 0 spiro atoms. The first-order valence-electron chi connectivity index (χ1n) is 8.58. The number of nitrogens with one attached hydrogen (secondary N) is 1. The minimum absolute atomic E-state index is 0.116. The molecule has 0 bridgehead atoms. The third kappa shape index (κ3) is 3.11. The highest BCUT2D eigenvalue weighted by Crippen LogP contribution is 2.51. The number of fused-ring (bicyclic) bond motifs is 1. The summed E-state index contributed by atoms with van der Waals surface area (Å²) in [5, 5.41) is 4.82. The van der Waals surface area contributed by atoms with Crippen molar-refractivity contribution >= 4 is 29.1 Å². The summed E-state index contributed by atoms with van der Waals surface area (Å²) in [7, 11) is 0. The number of amides is 1. The monoisotopic (exact) mass is 352 g/mol. The smallest absolute Gasteiger partial charge is 0.226 e. The van der Waals surface area contributed by atoms with Crippen molar-refractivity contribution in [1.29, 1.82) is 0 Å². The molecule has 0 radical (unpaired) electrons. The molecule has 3 aliphatic rings. The van der Waals surface area contributed by atoms with Gasteiger partial charge in [0.05, 0.1) is 0 Å². The molecule has 1 aromatic rings. The number of carbonyl (C=O) groups excluding carboxylic acids is 1. The summed E-state index contributed by atoms with van der Waals surface area (Å²) >= 11 is 12.3. The molecule has 23 heavy (non-hydrogen) atoms. The van der Waals surface area contributed by atoms with Crippen molar-refractivity contribution in [2.45, 2.75) is 25.2 Å². The Kier molecular flexibility index (Phi) is 4.29. The van der Waals surface area contributed by atoms with E-state index >= 15 is 0 Å². The van der Waals surface area contributed by atoms with Crippen molar-refractivity contribution in [3.63, 3.8) is 0 Å². The van der Waals surface area contributed by atoms with Crippen LogP contribution in [-0.4, -0.2) is 37.0 Å². The van der Waals surface area contributed by atoms with E-state index in [1.165, 1.54) is 0 Å². The van der Waals surface area contributed by atoms with Crippen molar-refractivity contribution in [2.24, 2.45) is 17.8 Å². The number of hydrogen-bond acceptors (Lipinski definition) is 2. The van der Waals surface area contributed by atoms with Gasteiger partial charge in [0.15, 0.2) is 0 Å². The summed E-state index contributed by atoms with van der Waals surface area (Å²) in [5.74, 6) is 2.23. The summed E-state index contributed by atoms with van der Waals surface area (Å²) in [6, 6.07) is 5.61. The molecule has 5 heteroatoms. The topological polar surface area (TPSA) is 32.3 Å². The molecule has 3 nitrogen and oxygen atoms in total. The minimum Gasteiger partial charge on any atom is -0.342 e. The molecular formula is C18H22Cl2N2O. The number of benzene rings is 1. The first-order valence-corrected chi connectivity index (χ1v) is 9.33. The van der Waals surface area contributed by atoms with Crippen LogP contribution >= 0.6 is 23.2 Å². The molecule has 2 saturated heterocycles. The quantitative estimate of drug-likeness (QED) is 0.882. The molecule has 2 aliphatic heterocycles. The second kappa shape index (κ2) is 6.27. The highest BCUT2D eigenvalue weighted by molar-refractivity contribution is 6.35. The molecule has 3 fully saturated rings. The molecule has 0 aromatic heterocycles. The molecule has 124 valence electrons. The van der Waals surface area contributed by atoms with Crippen LogP contribution in [0, 0.1) is 17.8 Å². The Hall–Kier alpha value is -0.770. The van der Waals surface area contributed by atoms with Crippen molar-refractivity contribution in [1.82, 2.24) is 10.2 Å². The Labute approximate surface area is 147 Å². The lowest BCUT2D eigenvalue weighted by Gasteiger charge is -2.21. The van der Waals surface area contributed by atoms with Crippen molar-refractivity contribution < 1.29 is 4.79 Å². The predicted octanol–water partition coefficient (Wildman–Crippen LogP) is 3.55. The largest absolute Gasteiger partial charge is 0.342 e. The number of hydrogen-bond donors (Lipinski definition) is 1. The third-order valence-corrected chi connectivity index (χ3v) is 6.36. The van der Waals surface area contributed by atoms with Gasteiger partial charge in [-0.1, -0.05) is 29.3 Å². The number of halogens is 2. The van der Waals surface area contributed by atoms with Crippen LogP contribution in [-0.2, 0) is 4.79 Å². The molecule has 1 aromatic carbocycles. The molecule has 4 rings (SSSR count). The Morgan fingerprint density at radius 1 is 1.13 bits per heavy atom. The second-order valence-corrected chi connectivity index (χ2v) is 8.04. The fourth-order valence-corrected chi connectivity index (χ4v) is 4.84. The summed E-state index contributed by atoms with van der Waals surface area (Å²) < 4.78 is 0. The van der Waals surface area contributed by atoms with E-state index in [1.807, 2.05) is 12.1 Å². The first kappa shape index (κ1) is 15.7. The maximum Gasteiger partial charge on any atom is 0.226 e. The van der Waals surface area contributed by atoms with Gasteiger partial charge in [-0.15, -0.1) is 0 Å². The lowest BCUT2D eigenvalue weighted by atomic mass is 9.92. The SMILES string of the molecule is O=C(C1CC1c1ccc(Cl)cc1Cl)N1CC[C@@H]2CNC[C@@H]2CC1. The van der Waals surface area contributed by atoms with Crippen LogP contribution in [0.25, 0.3) is 0 Å². The molecule has 2 heterocycles. The summed E-state index contributed by atoms with van der Waals surface area (Å²) in [6.07, 6.45) is 3.20. The van der Waals surface area contributed by atoms with Gasteiger partial charge >= 0.3 is 0 Å². The maximum atomic E-state index is 12.8. The van der Waals surface area contributed by atoms with Gasteiger partial charge in [0, 0.05) is 29.1 Å². The molecule has 1 amide bonds. The highest BCUT2D eigenvalue weighted by atomic mass is 35.5. The molecule has 1 saturated carbocycles. The lowest BCUT2D eigenvalue weighted by Crippen LogP contribution is -2.34. The normalized spacial score (nSPS) is 33.2. The Morgan fingerprint density at radius 2 is 1.83 bits per heavy atom. The van der Waals surface area contributed by atoms with Crippen LogP contribution in [0.3, 0.4) is 0 Å². The van der Waals surface area contributed by atoms with E-state index in [0.717, 1.165) is 62.8 Å². The number of likely N-dealkylation sites (tertiary alicyclic amines) is 1. The van der Waals surface area contributed by atoms with E-state index in [1.54, 1.807) is 6.07 Å². The van der Waals surface area contributed by atoms with Crippen LogP contribution in [0.1, 0.15) is 30.7 Å². The van der Waals surface area contributed by atoms with Gasteiger partial charge in [-0.3, -0.25) is 4.79 Å². The van der Waals surface area contributed by atoms with Crippen molar-refractivity contribution in [3.8, 4) is 0 Å². The minimum atomic E-state index is 0.116. The molecule has 1 aliphatic carbocycles. The van der Waals surface area contributed by atoms with Crippen molar-refractivity contribution in [2.75, 3.05) is 26.2 Å². The zero-order valence-corrected chi connectivity index (χ0v) is 14.6. The van der Waals surface area contributed by atoms with Gasteiger partial charge in [-0.25, -0.2) is 0 Å². The molecule has 1 N–H and O–H groups in total. The Balaban J connectivity index is 1.40. The van der Waals surface area contributed by atoms with E-state index in [9.17, 15) is 4.79 Å². The zero-order valence-electron chi connectivity index (χ0n) is 13.1. The van der Waals surface area contributed by atoms with E-state index < -0.39 is 0 Å². The molecule has 4 atom stereocenters. The fraction of sp³-hybridized carbons (Fsp3) is 0.611. The van der Waals surface area contributed by atoms with Crippen LogP contribution in [0.5, 0.6) is 0 Å². The van der Waals surface area contributed by atoms with Gasteiger partial charge in [-0.2, -0.15) is 0 Å². The van der Waals surface area contributed by atoms with Crippen LogP contribution in [0.2, 0.25) is 10.0 Å². The number of carbonyl (C=O) groups is 1. The van der Waals surface area contributed by atoms with Crippen LogP contribution in [0.4, 0.5) is 0 Å². The average molecular weight is 353 g/mol. The highest BCUT2D eigenvalue weighted by Gasteiger charge is 2.47. The molecular weight excluding hydrogens is 331 g/mol. The number of rotatable bonds is 2. The van der Waals surface area contributed by atoms with E-state index in [-0.39, 0.29) is 11.8 Å². The first-order chi connectivity index (χ1) is 11.1. The van der Waals surface area contributed by atoms with Gasteiger partial charge in [-0.05, 0) is 67.8 Å². The van der Waals surface area contributed by atoms with E-state index in [0.29, 0.717) is 16.0 Å².